The first-order valence-electron chi connectivity index (χ1n) is 10.1. The van der Waals surface area contributed by atoms with E-state index in [9.17, 15) is 4.79 Å². The molecule has 0 aliphatic rings. The van der Waals surface area contributed by atoms with Crippen LogP contribution >= 0.6 is 11.3 Å². The number of aromatic nitrogens is 3. The zero-order valence-corrected chi connectivity index (χ0v) is 18.2. The number of benzene rings is 2. The second-order valence-corrected chi connectivity index (χ2v) is 8.58. The summed E-state index contributed by atoms with van der Waals surface area (Å²) in [5.74, 6) is 0.620. The van der Waals surface area contributed by atoms with Gasteiger partial charge in [-0.1, -0.05) is 30.3 Å². The molecular formula is C25H22N4OS. The average Bonchev–Trinajstić information content (AvgIpc) is 3.50. The summed E-state index contributed by atoms with van der Waals surface area (Å²) in [6, 6.07) is 21.8. The van der Waals surface area contributed by atoms with Gasteiger partial charge < -0.3 is 14.9 Å². The number of hydrogen-bond acceptors (Lipinski definition) is 3. The topological polar surface area (TPSA) is 62.7 Å². The second kappa shape index (κ2) is 7.89. The van der Waals surface area contributed by atoms with Gasteiger partial charge in [0.1, 0.15) is 5.82 Å². The zero-order chi connectivity index (χ0) is 21.4. The molecule has 3 aromatic heterocycles. The predicted octanol–water partition coefficient (Wildman–Crippen LogP) is 6.01. The first kappa shape index (κ1) is 19.3. The summed E-state index contributed by atoms with van der Waals surface area (Å²) in [6.07, 6.45) is 0. The molecule has 5 aromatic rings. The summed E-state index contributed by atoms with van der Waals surface area (Å²) in [7, 11) is 0. The predicted molar refractivity (Wildman–Crippen MR) is 127 cm³/mol. The summed E-state index contributed by atoms with van der Waals surface area (Å²) in [4.78, 5) is 22.5. The molecule has 5 nitrogen and oxygen atoms in total. The normalized spacial score (nSPS) is 11.2. The monoisotopic (exact) mass is 426 g/mol. The highest BCUT2D eigenvalue weighted by atomic mass is 32.1. The number of carbonyl (C=O) groups excluding carboxylic acids is 1. The number of fused-ring (bicyclic) bond motifs is 1. The van der Waals surface area contributed by atoms with Crippen molar-refractivity contribution in [1.29, 1.82) is 0 Å². The molecule has 6 heteroatoms. The number of aromatic amines is 1. The van der Waals surface area contributed by atoms with E-state index in [1.54, 1.807) is 11.3 Å². The number of para-hydroxylation sites is 3. The van der Waals surface area contributed by atoms with Crippen LogP contribution in [0.25, 0.3) is 22.4 Å². The number of anilines is 1. The van der Waals surface area contributed by atoms with Crippen LogP contribution < -0.4 is 5.32 Å². The Bertz CT molecular complexity index is 1350. The van der Waals surface area contributed by atoms with Crippen molar-refractivity contribution in [3.8, 4) is 11.4 Å². The van der Waals surface area contributed by atoms with Crippen LogP contribution in [0.5, 0.6) is 0 Å². The van der Waals surface area contributed by atoms with Gasteiger partial charge in [0.25, 0.3) is 5.91 Å². The lowest BCUT2D eigenvalue weighted by atomic mass is 10.1. The van der Waals surface area contributed by atoms with E-state index >= 15 is 0 Å². The summed E-state index contributed by atoms with van der Waals surface area (Å²) in [5.41, 5.74) is 6.18. The number of amides is 1. The molecule has 2 aromatic carbocycles. The van der Waals surface area contributed by atoms with Gasteiger partial charge in [-0.3, -0.25) is 4.79 Å². The third-order valence-corrected chi connectivity index (χ3v) is 6.39. The van der Waals surface area contributed by atoms with Gasteiger partial charge in [0, 0.05) is 21.8 Å². The van der Waals surface area contributed by atoms with E-state index in [-0.39, 0.29) is 5.91 Å². The standard InChI is InChI=1S/C25H22N4OS/c1-16-14-20(17(2)29(16)15-18-8-7-13-31-18)25(30)28-21-10-4-3-9-19(21)24-26-22-11-5-6-12-23(22)27-24/h3-14H,15H2,1-2H3,(H,26,27)(H,28,30). The molecule has 0 saturated carbocycles. The number of imidazole rings is 1. The first-order chi connectivity index (χ1) is 15.1. The van der Waals surface area contributed by atoms with Crippen molar-refractivity contribution >= 4 is 34.0 Å². The van der Waals surface area contributed by atoms with Crippen molar-refractivity contribution in [2.75, 3.05) is 5.32 Å². The Balaban J connectivity index is 1.45. The van der Waals surface area contributed by atoms with Crippen molar-refractivity contribution in [2.45, 2.75) is 20.4 Å². The summed E-state index contributed by atoms with van der Waals surface area (Å²) in [6.45, 7) is 4.82. The van der Waals surface area contributed by atoms with Gasteiger partial charge in [0.2, 0.25) is 0 Å². The molecule has 0 fully saturated rings. The van der Waals surface area contributed by atoms with E-state index in [0.717, 1.165) is 46.0 Å². The number of H-pyrrole nitrogens is 1. The third kappa shape index (κ3) is 3.66. The molecule has 0 aliphatic carbocycles. The van der Waals surface area contributed by atoms with Crippen molar-refractivity contribution < 1.29 is 4.79 Å². The molecule has 0 atom stereocenters. The zero-order valence-electron chi connectivity index (χ0n) is 17.3. The molecule has 3 heterocycles. The van der Waals surface area contributed by atoms with E-state index in [2.05, 4.69) is 32.4 Å². The Hall–Kier alpha value is -3.64. The van der Waals surface area contributed by atoms with Gasteiger partial charge in [-0.25, -0.2) is 4.98 Å². The van der Waals surface area contributed by atoms with Gasteiger partial charge in [-0.2, -0.15) is 0 Å². The number of thiophene rings is 1. The van der Waals surface area contributed by atoms with Crippen LogP contribution in [0, 0.1) is 13.8 Å². The molecule has 0 saturated heterocycles. The van der Waals surface area contributed by atoms with E-state index in [0.29, 0.717) is 5.56 Å². The van der Waals surface area contributed by atoms with Crippen molar-refractivity contribution in [1.82, 2.24) is 14.5 Å². The first-order valence-corrected chi connectivity index (χ1v) is 11.0. The lowest BCUT2D eigenvalue weighted by Gasteiger charge is -2.11. The minimum absolute atomic E-state index is 0.117. The molecule has 0 aliphatic heterocycles. The molecule has 0 unspecified atom stereocenters. The molecule has 154 valence electrons. The largest absolute Gasteiger partial charge is 0.343 e. The van der Waals surface area contributed by atoms with Gasteiger partial charge in [0.05, 0.1) is 28.8 Å². The fraction of sp³-hybridized carbons (Fsp3) is 0.120. The maximum Gasteiger partial charge on any atom is 0.257 e. The van der Waals surface area contributed by atoms with Crippen molar-refractivity contribution in [3.05, 3.63) is 93.9 Å². The highest BCUT2D eigenvalue weighted by molar-refractivity contribution is 7.09. The van der Waals surface area contributed by atoms with Gasteiger partial charge >= 0.3 is 0 Å². The van der Waals surface area contributed by atoms with Crippen LogP contribution in [0.4, 0.5) is 5.69 Å². The minimum atomic E-state index is -0.117. The Labute approximate surface area is 184 Å². The van der Waals surface area contributed by atoms with E-state index in [1.807, 2.05) is 68.4 Å². The lowest BCUT2D eigenvalue weighted by molar-refractivity contribution is 0.102. The van der Waals surface area contributed by atoms with Gasteiger partial charge in [-0.15, -0.1) is 11.3 Å². The third-order valence-electron chi connectivity index (χ3n) is 5.53. The highest BCUT2D eigenvalue weighted by Crippen LogP contribution is 2.28. The summed E-state index contributed by atoms with van der Waals surface area (Å²) < 4.78 is 2.19. The maximum atomic E-state index is 13.2. The summed E-state index contributed by atoms with van der Waals surface area (Å²) >= 11 is 1.72. The van der Waals surface area contributed by atoms with Crippen molar-refractivity contribution in [2.24, 2.45) is 0 Å². The number of nitrogens with one attached hydrogen (secondary N) is 2. The molecule has 0 bridgehead atoms. The minimum Gasteiger partial charge on any atom is -0.343 e. The number of hydrogen-bond donors (Lipinski definition) is 2. The Morgan fingerprint density at radius 2 is 1.87 bits per heavy atom. The maximum absolute atomic E-state index is 13.2. The summed E-state index contributed by atoms with van der Waals surface area (Å²) in [5, 5.41) is 5.18. The Kier molecular flexibility index (Phi) is 4.92. The van der Waals surface area contributed by atoms with E-state index in [4.69, 9.17) is 4.98 Å². The molecular weight excluding hydrogens is 404 g/mol. The Morgan fingerprint density at radius 3 is 2.68 bits per heavy atom. The van der Waals surface area contributed by atoms with Crippen LogP contribution in [0.3, 0.4) is 0 Å². The number of rotatable bonds is 5. The smallest absolute Gasteiger partial charge is 0.257 e. The van der Waals surface area contributed by atoms with Gasteiger partial charge in [-0.05, 0) is 55.6 Å². The number of nitrogens with zero attached hydrogens (tertiary/aromatic N) is 2. The average molecular weight is 427 g/mol. The van der Waals surface area contributed by atoms with E-state index < -0.39 is 0 Å². The fourth-order valence-electron chi connectivity index (χ4n) is 3.90. The molecule has 0 spiro atoms. The molecule has 1 amide bonds. The number of aryl methyl sites for hydroxylation is 1. The fourth-order valence-corrected chi connectivity index (χ4v) is 4.59. The number of carbonyl (C=O) groups is 1. The van der Waals surface area contributed by atoms with Crippen molar-refractivity contribution in [3.63, 3.8) is 0 Å². The molecule has 2 N–H and O–H groups in total. The van der Waals surface area contributed by atoms with Gasteiger partial charge in [0.15, 0.2) is 0 Å². The molecule has 5 rings (SSSR count). The van der Waals surface area contributed by atoms with Crippen LogP contribution in [0.2, 0.25) is 0 Å². The van der Waals surface area contributed by atoms with Crippen LogP contribution in [-0.4, -0.2) is 20.4 Å². The SMILES string of the molecule is Cc1cc(C(=O)Nc2ccccc2-c2nc3ccccc3[nH]2)c(C)n1Cc1cccs1. The lowest BCUT2D eigenvalue weighted by Crippen LogP contribution is -2.14. The molecule has 31 heavy (non-hydrogen) atoms. The van der Waals surface area contributed by atoms with Crippen LogP contribution in [0.1, 0.15) is 26.6 Å². The highest BCUT2D eigenvalue weighted by Gasteiger charge is 2.18. The second-order valence-electron chi connectivity index (χ2n) is 7.55. The molecule has 0 radical (unpaired) electrons. The quantitative estimate of drug-likeness (QED) is 0.361. The Morgan fingerprint density at radius 1 is 1.06 bits per heavy atom. The van der Waals surface area contributed by atoms with Crippen LogP contribution in [-0.2, 0) is 6.54 Å². The van der Waals surface area contributed by atoms with E-state index in [1.165, 1.54) is 4.88 Å². The van der Waals surface area contributed by atoms with Crippen LogP contribution in [0.15, 0.2) is 72.1 Å².